The van der Waals surface area contributed by atoms with E-state index in [0.29, 0.717) is 18.0 Å². The van der Waals surface area contributed by atoms with Gasteiger partial charge in [-0.25, -0.2) is 14.5 Å². The molecule has 3 aromatic heterocycles. The molecule has 3 heterocycles. The van der Waals surface area contributed by atoms with Gasteiger partial charge in [0.2, 0.25) is 5.91 Å². The second-order valence-corrected chi connectivity index (χ2v) is 5.77. The Morgan fingerprint density at radius 3 is 2.65 bits per heavy atom. The smallest absolute Gasteiger partial charge is 0.223 e. The van der Waals surface area contributed by atoms with Crippen LogP contribution in [0, 0.1) is 0 Å². The number of fused-ring (bicyclic) bond motifs is 1. The van der Waals surface area contributed by atoms with E-state index in [9.17, 15) is 4.79 Å². The summed E-state index contributed by atoms with van der Waals surface area (Å²) in [5, 5.41) is 11.2. The Balaban J connectivity index is 1.77. The van der Waals surface area contributed by atoms with Crippen LogP contribution in [-0.2, 0) is 4.79 Å². The summed E-state index contributed by atoms with van der Waals surface area (Å²) in [5.41, 5.74) is 4.24. The molecule has 0 saturated heterocycles. The summed E-state index contributed by atoms with van der Waals surface area (Å²) in [5.74, 6) is 0.648. The van der Waals surface area contributed by atoms with Gasteiger partial charge in [-0.1, -0.05) is 12.1 Å². The molecule has 0 aliphatic carbocycles. The van der Waals surface area contributed by atoms with Crippen LogP contribution in [0.5, 0.6) is 0 Å². The van der Waals surface area contributed by atoms with E-state index in [1.54, 1.807) is 28.7 Å². The van der Waals surface area contributed by atoms with Crippen LogP contribution in [0.3, 0.4) is 0 Å². The lowest BCUT2D eigenvalue weighted by atomic mass is 10.1. The van der Waals surface area contributed by atoms with E-state index < -0.39 is 0 Å². The van der Waals surface area contributed by atoms with Crippen LogP contribution in [0.25, 0.3) is 28.3 Å². The molecular weight excluding hydrogens is 330 g/mol. The minimum Gasteiger partial charge on any atom is -0.313 e. The molecule has 26 heavy (non-hydrogen) atoms. The van der Waals surface area contributed by atoms with E-state index in [4.69, 9.17) is 0 Å². The Morgan fingerprint density at radius 1 is 1.19 bits per heavy atom. The van der Waals surface area contributed by atoms with Gasteiger partial charge in [0.15, 0.2) is 11.5 Å². The molecule has 4 aromatic rings. The van der Waals surface area contributed by atoms with Crippen LogP contribution in [0.4, 0.5) is 5.69 Å². The first-order valence-electron chi connectivity index (χ1n) is 8.26. The van der Waals surface area contributed by atoms with Gasteiger partial charge in [0, 0.05) is 30.9 Å². The van der Waals surface area contributed by atoms with Crippen LogP contribution in [0.15, 0.2) is 49.1 Å². The Labute approximate surface area is 149 Å². The van der Waals surface area contributed by atoms with Crippen LogP contribution < -0.4 is 4.90 Å². The summed E-state index contributed by atoms with van der Waals surface area (Å²) in [6, 6.07) is 9.74. The number of H-pyrrole nitrogens is 1. The maximum absolute atomic E-state index is 11.7. The standard InChI is InChI=1S/C18H17N7O/c1-3-24(12(2)26)14-6-4-13(5-7-14)16-8-9-19-18-15(10-22-25(16)18)17-20-11-21-23-17/h4-11H,3H2,1-2H3,(H,20,21,23). The highest BCUT2D eigenvalue weighted by Crippen LogP contribution is 2.26. The molecule has 1 amide bonds. The van der Waals surface area contributed by atoms with Gasteiger partial charge in [-0.2, -0.15) is 10.2 Å². The maximum Gasteiger partial charge on any atom is 0.223 e. The number of benzene rings is 1. The SMILES string of the molecule is CCN(C(C)=O)c1ccc(-c2ccnc3c(-c4ncn[nH]4)cnn23)cc1. The fourth-order valence-corrected chi connectivity index (χ4v) is 3.01. The number of amides is 1. The predicted molar refractivity (Wildman–Crippen MR) is 97.5 cm³/mol. The normalized spacial score (nSPS) is 11.0. The lowest BCUT2D eigenvalue weighted by molar-refractivity contribution is -0.116. The summed E-state index contributed by atoms with van der Waals surface area (Å²) in [6.45, 7) is 4.16. The first kappa shape index (κ1) is 15.9. The zero-order chi connectivity index (χ0) is 18.1. The van der Waals surface area contributed by atoms with E-state index in [2.05, 4.69) is 25.3 Å². The third-order valence-electron chi connectivity index (χ3n) is 4.24. The van der Waals surface area contributed by atoms with E-state index >= 15 is 0 Å². The molecule has 0 bridgehead atoms. The topological polar surface area (TPSA) is 92.1 Å². The second kappa shape index (κ2) is 6.40. The number of carbonyl (C=O) groups excluding carboxylic acids is 1. The Kier molecular flexibility index (Phi) is 3.92. The van der Waals surface area contributed by atoms with Gasteiger partial charge < -0.3 is 4.90 Å². The molecule has 8 nitrogen and oxygen atoms in total. The summed E-state index contributed by atoms with van der Waals surface area (Å²) in [4.78, 5) is 22.0. The molecule has 4 rings (SSSR count). The molecule has 0 spiro atoms. The molecule has 0 unspecified atom stereocenters. The van der Waals surface area contributed by atoms with Gasteiger partial charge in [-0.15, -0.1) is 0 Å². The third kappa shape index (κ3) is 2.61. The van der Waals surface area contributed by atoms with Gasteiger partial charge in [0.05, 0.1) is 17.5 Å². The van der Waals surface area contributed by atoms with Crippen molar-refractivity contribution in [3.63, 3.8) is 0 Å². The van der Waals surface area contributed by atoms with E-state index in [1.165, 1.54) is 6.33 Å². The number of aromatic amines is 1. The zero-order valence-electron chi connectivity index (χ0n) is 14.4. The Bertz CT molecular complexity index is 1050. The Morgan fingerprint density at radius 2 is 2.00 bits per heavy atom. The summed E-state index contributed by atoms with van der Waals surface area (Å²) >= 11 is 0. The van der Waals surface area contributed by atoms with Gasteiger partial charge in [0.1, 0.15) is 6.33 Å². The zero-order valence-corrected chi connectivity index (χ0v) is 14.4. The molecule has 0 aliphatic heterocycles. The molecule has 0 aliphatic rings. The molecule has 130 valence electrons. The molecule has 0 radical (unpaired) electrons. The van der Waals surface area contributed by atoms with Crippen molar-refractivity contribution in [3.8, 4) is 22.6 Å². The summed E-state index contributed by atoms with van der Waals surface area (Å²) in [7, 11) is 0. The number of nitrogens with zero attached hydrogens (tertiary/aromatic N) is 6. The monoisotopic (exact) mass is 347 g/mol. The summed E-state index contributed by atoms with van der Waals surface area (Å²) < 4.78 is 1.77. The fraction of sp³-hybridized carbons (Fsp3) is 0.167. The maximum atomic E-state index is 11.7. The van der Waals surface area contributed by atoms with Crippen molar-refractivity contribution in [1.82, 2.24) is 29.8 Å². The van der Waals surface area contributed by atoms with Crippen molar-refractivity contribution in [2.24, 2.45) is 0 Å². The molecule has 0 saturated carbocycles. The van der Waals surface area contributed by atoms with Crippen molar-refractivity contribution in [3.05, 3.63) is 49.1 Å². The van der Waals surface area contributed by atoms with Crippen molar-refractivity contribution in [1.29, 1.82) is 0 Å². The molecule has 1 aromatic carbocycles. The number of carbonyl (C=O) groups is 1. The summed E-state index contributed by atoms with van der Waals surface area (Å²) in [6.07, 6.45) is 4.92. The van der Waals surface area contributed by atoms with E-state index in [0.717, 1.165) is 22.5 Å². The lowest BCUT2D eigenvalue weighted by Gasteiger charge is -2.19. The van der Waals surface area contributed by atoms with Crippen molar-refractivity contribution in [2.75, 3.05) is 11.4 Å². The quantitative estimate of drug-likeness (QED) is 0.612. The first-order valence-corrected chi connectivity index (χ1v) is 8.26. The second-order valence-electron chi connectivity index (χ2n) is 5.77. The highest BCUT2D eigenvalue weighted by atomic mass is 16.2. The molecular formula is C18H17N7O. The minimum atomic E-state index is 0.0235. The van der Waals surface area contributed by atoms with Crippen LogP contribution >= 0.6 is 0 Å². The van der Waals surface area contributed by atoms with Crippen molar-refractivity contribution in [2.45, 2.75) is 13.8 Å². The number of hydrogen-bond donors (Lipinski definition) is 1. The van der Waals surface area contributed by atoms with Crippen molar-refractivity contribution < 1.29 is 4.79 Å². The molecule has 1 N–H and O–H groups in total. The highest BCUT2D eigenvalue weighted by molar-refractivity contribution is 5.91. The van der Waals surface area contributed by atoms with Crippen molar-refractivity contribution >= 4 is 17.2 Å². The average molecular weight is 347 g/mol. The fourth-order valence-electron chi connectivity index (χ4n) is 3.01. The number of rotatable bonds is 4. The molecule has 0 atom stereocenters. The van der Waals surface area contributed by atoms with Crippen LogP contribution in [-0.4, -0.2) is 42.2 Å². The molecule has 8 heteroatoms. The third-order valence-corrected chi connectivity index (χ3v) is 4.24. The number of anilines is 1. The minimum absolute atomic E-state index is 0.0235. The van der Waals surface area contributed by atoms with E-state index in [1.807, 2.05) is 37.3 Å². The highest BCUT2D eigenvalue weighted by Gasteiger charge is 2.14. The average Bonchev–Trinajstić information content (AvgIpc) is 3.31. The van der Waals surface area contributed by atoms with Gasteiger partial charge in [0.25, 0.3) is 0 Å². The van der Waals surface area contributed by atoms with Gasteiger partial charge >= 0.3 is 0 Å². The Hall–Kier alpha value is -3.55. The number of nitrogens with one attached hydrogen (secondary N) is 1. The van der Waals surface area contributed by atoms with E-state index in [-0.39, 0.29) is 5.91 Å². The predicted octanol–water partition coefficient (Wildman–Crippen LogP) is 2.55. The number of aromatic nitrogens is 6. The lowest BCUT2D eigenvalue weighted by Crippen LogP contribution is -2.27. The van der Waals surface area contributed by atoms with Crippen LogP contribution in [0.2, 0.25) is 0 Å². The number of hydrogen-bond acceptors (Lipinski definition) is 5. The van der Waals surface area contributed by atoms with Crippen LogP contribution in [0.1, 0.15) is 13.8 Å². The largest absolute Gasteiger partial charge is 0.313 e. The molecule has 0 fully saturated rings. The first-order chi connectivity index (χ1) is 12.7. The van der Waals surface area contributed by atoms with Gasteiger partial charge in [-0.05, 0) is 25.1 Å². The van der Waals surface area contributed by atoms with Gasteiger partial charge in [-0.3, -0.25) is 9.89 Å².